The fourth-order valence-corrected chi connectivity index (χ4v) is 1.46. The minimum Gasteiger partial charge on any atom is -0.478 e. The van der Waals surface area contributed by atoms with E-state index in [2.05, 4.69) is 16.8 Å². The smallest absolute Gasteiger partial charge is 0.335 e. The standard InChI is InChI=1S/C15H12N2O2/c1-11(15(18)19)12-7-9-14(10-8-12)17-16-13-5-3-2-4-6-13/h2-10H,1H2,(H,18,19)/b17-16+. The maximum Gasteiger partial charge on any atom is 0.335 e. The third kappa shape index (κ3) is 3.35. The largest absolute Gasteiger partial charge is 0.478 e. The predicted molar refractivity (Wildman–Crippen MR) is 73.7 cm³/mol. The van der Waals surface area contributed by atoms with E-state index in [4.69, 9.17) is 5.11 Å². The molecule has 0 amide bonds. The third-order valence-corrected chi connectivity index (χ3v) is 2.51. The number of azo groups is 1. The Kier molecular flexibility index (Phi) is 3.83. The van der Waals surface area contributed by atoms with Gasteiger partial charge in [-0.1, -0.05) is 36.9 Å². The molecule has 0 unspecified atom stereocenters. The quantitative estimate of drug-likeness (QED) is 0.654. The Balaban J connectivity index is 2.13. The zero-order valence-corrected chi connectivity index (χ0v) is 10.2. The number of rotatable bonds is 4. The molecular weight excluding hydrogens is 240 g/mol. The number of hydrogen-bond acceptors (Lipinski definition) is 3. The molecule has 0 heterocycles. The molecule has 0 aliphatic rings. The van der Waals surface area contributed by atoms with Crippen molar-refractivity contribution in [2.75, 3.05) is 0 Å². The molecule has 0 radical (unpaired) electrons. The van der Waals surface area contributed by atoms with Gasteiger partial charge in [0.1, 0.15) is 0 Å². The van der Waals surface area contributed by atoms with E-state index in [1.165, 1.54) is 0 Å². The normalized spacial score (nSPS) is 10.5. The summed E-state index contributed by atoms with van der Waals surface area (Å²) >= 11 is 0. The first-order chi connectivity index (χ1) is 9.16. The fourth-order valence-electron chi connectivity index (χ4n) is 1.46. The number of hydrogen-bond donors (Lipinski definition) is 1. The topological polar surface area (TPSA) is 62.0 Å². The van der Waals surface area contributed by atoms with Crippen LogP contribution in [0.4, 0.5) is 11.4 Å². The van der Waals surface area contributed by atoms with Crippen molar-refractivity contribution < 1.29 is 9.90 Å². The zero-order valence-electron chi connectivity index (χ0n) is 10.2. The van der Waals surface area contributed by atoms with Gasteiger partial charge in [0.25, 0.3) is 0 Å². The van der Waals surface area contributed by atoms with Gasteiger partial charge in [0.2, 0.25) is 0 Å². The summed E-state index contributed by atoms with van der Waals surface area (Å²) in [5.41, 5.74) is 2.05. The fraction of sp³-hybridized carbons (Fsp3) is 0. The third-order valence-electron chi connectivity index (χ3n) is 2.51. The van der Waals surface area contributed by atoms with Crippen LogP contribution in [-0.4, -0.2) is 11.1 Å². The molecule has 0 spiro atoms. The molecule has 94 valence electrons. The molecular formula is C15H12N2O2. The molecule has 4 nitrogen and oxygen atoms in total. The van der Waals surface area contributed by atoms with Crippen molar-refractivity contribution >= 4 is 22.9 Å². The second kappa shape index (κ2) is 5.73. The number of aliphatic carboxylic acids is 1. The van der Waals surface area contributed by atoms with Crippen molar-refractivity contribution in [3.63, 3.8) is 0 Å². The number of carboxylic acid groups (broad SMARTS) is 1. The van der Waals surface area contributed by atoms with E-state index < -0.39 is 5.97 Å². The van der Waals surface area contributed by atoms with Crippen LogP contribution in [0, 0.1) is 0 Å². The monoisotopic (exact) mass is 252 g/mol. The molecule has 2 aromatic carbocycles. The molecule has 0 bridgehead atoms. The summed E-state index contributed by atoms with van der Waals surface area (Å²) in [6, 6.07) is 16.1. The molecule has 1 N–H and O–H groups in total. The molecule has 0 aromatic heterocycles. The van der Waals surface area contributed by atoms with Crippen LogP contribution in [0.25, 0.3) is 5.57 Å². The molecule has 0 fully saturated rings. The summed E-state index contributed by atoms with van der Waals surface area (Å²) in [7, 11) is 0. The summed E-state index contributed by atoms with van der Waals surface area (Å²) in [5, 5.41) is 17.0. The Morgan fingerprint density at radius 2 is 1.42 bits per heavy atom. The van der Waals surface area contributed by atoms with Crippen LogP contribution >= 0.6 is 0 Å². The van der Waals surface area contributed by atoms with Crippen molar-refractivity contribution in [1.29, 1.82) is 0 Å². The number of nitrogens with zero attached hydrogens (tertiary/aromatic N) is 2. The van der Waals surface area contributed by atoms with Crippen LogP contribution < -0.4 is 0 Å². The van der Waals surface area contributed by atoms with E-state index in [1.54, 1.807) is 24.3 Å². The van der Waals surface area contributed by atoms with Gasteiger partial charge in [-0.15, -0.1) is 0 Å². The molecule has 0 aliphatic carbocycles. The minimum absolute atomic E-state index is 0.0616. The maximum absolute atomic E-state index is 10.8. The average molecular weight is 252 g/mol. The lowest BCUT2D eigenvalue weighted by Crippen LogP contribution is -1.97. The summed E-state index contributed by atoms with van der Waals surface area (Å²) < 4.78 is 0. The van der Waals surface area contributed by atoms with Crippen molar-refractivity contribution in [1.82, 2.24) is 0 Å². The van der Waals surface area contributed by atoms with E-state index in [9.17, 15) is 4.79 Å². The van der Waals surface area contributed by atoms with Crippen LogP contribution in [0.1, 0.15) is 5.56 Å². The maximum atomic E-state index is 10.8. The van der Waals surface area contributed by atoms with Crippen LogP contribution in [0.15, 0.2) is 71.4 Å². The Bertz CT molecular complexity index is 616. The molecule has 0 aliphatic heterocycles. The second-order valence-corrected chi connectivity index (χ2v) is 3.87. The summed E-state index contributed by atoms with van der Waals surface area (Å²) in [6.45, 7) is 3.49. The molecule has 0 saturated carbocycles. The SMILES string of the molecule is C=C(C(=O)O)c1ccc(/N=N/c2ccccc2)cc1. The zero-order chi connectivity index (χ0) is 13.7. The van der Waals surface area contributed by atoms with Gasteiger partial charge >= 0.3 is 5.97 Å². The average Bonchev–Trinajstić information content (AvgIpc) is 2.46. The van der Waals surface area contributed by atoms with Crippen LogP contribution in [0.5, 0.6) is 0 Å². The lowest BCUT2D eigenvalue weighted by molar-refractivity contribution is -0.130. The van der Waals surface area contributed by atoms with E-state index in [0.29, 0.717) is 11.3 Å². The van der Waals surface area contributed by atoms with Crippen LogP contribution in [-0.2, 0) is 4.79 Å². The first kappa shape index (κ1) is 12.7. The highest BCUT2D eigenvalue weighted by atomic mass is 16.4. The summed E-state index contributed by atoms with van der Waals surface area (Å²) in [5.74, 6) is -1.03. The Hall–Kier alpha value is -2.75. The van der Waals surface area contributed by atoms with Gasteiger partial charge < -0.3 is 5.11 Å². The van der Waals surface area contributed by atoms with E-state index >= 15 is 0 Å². The summed E-state index contributed by atoms with van der Waals surface area (Å²) in [4.78, 5) is 10.8. The first-order valence-corrected chi connectivity index (χ1v) is 5.66. The highest BCUT2D eigenvalue weighted by Gasteiger charge is 2.06. The van der Waals surface area contributed by atoms with Gasteiger partial charge in [-0.2, -0.15) is 10.2 Å². The van der Waals surface area contributed by atoms with Crippen molar-refractivity contribution in [3.8, 4) is 0 Å². The number of carboxylic acids is 1. The first-order valence-electron chi connectivity index (χ1n) is 5.66. The Labute approximate surface area is 110 Å². The van der Waals surface area contributed by atoms with Gasteiger partial charge in [0, 0.05) is 0 Å². The van der Waals surface area contributed by atoms with Gasteiger partial charge in [0.15, 0.2) is 0 Å². The number of benzene rings is 2. The van der Waals surface area contributed by atoms with E-state index in [0.717, 1.165) is 5.69 Å². The van der Waals surface area contributed by atoms with E-state index in [1.807, 2.05) is 30.3 Å². The van der Waals surface area contributed by atoms with Gasteiger partial charge in [0.05, 0.1) is 16.9 Å². The van der Waals surface area contributed by atoms with Gasteiger partial charge in [-0.05, 0) is 29.8 Å². The van der Waals surface area contributed by atoms with Gasteiger partial charge in [-0.3, -0.25) is 0 Å². The van der Waals surface area contributed by atoms with Crippen molar-refractivity contribution in [2.24, 2.45) is 10.2 Å². The van der Waals surface area contributed by atoms with Crippen molar-refractivity contribution in [3.05, 3.63) is 66.7 Å². The second-order valence-electron chi connectivity index (χ2n) is 3.87. The molecule has 2 rings (SSSR count). The highest BCUT2D eigenvalue weighted by molar-refractivity contribution is 6.14. The van der Waals surface area contributed by atoms with Crippen LogP contribution in [0.3, 0.4) is 0 Å². The lowest BCUT2D eigenvalue weighted by Gasteiger charge is -2.00. The van der Waals surface area contributed by atoms with Crippen molar-refractivity contribution in [2.45, 2.75) is 0 Å². The molecule has 0 saturated heterocycles. The summed E-state index contributed by atoms with van der Waals surface area (Å²) in [6.07, 6.45) is 0. The Morgan fingerprint density at radius 1 is 0.895 bits per heavy atom. The Morgan fingerprint density at radius 3 is 1.95 bits per heavy atom. The predicted octanol–water partition coefficient (Wildman–Crippen LogP) is 4.20. The minimum atomic E-state index is -1.03. The van der Waals surface area contributed by atoms with Crippen LogP contribution in [0.2, 0.25) is 0 Å². The lowest BCUT2D eigenvalue weighted by atomic mass is 10.1. The number of carbonyl (C=O) groups is 1. The molecule has 4 heteroatoms. The molecule has 0 atom stereocenters. The molecule has 19 heavy (non-hydrogen) atoms. The molecule has 2 aromatic rings. The highest BCUT2D eigenvalue weighted by Crippen LogP contribution is 2.20. The van der Waals surface area contributed by atoms with E-state index in [-0.39, 0.29) is 5.57 Å². The van der Waals surface area contributed by atoms with Gasteiger partial charge in [-0.25, -0.2) is 4.79 Å².